The van der Waals surface area contributed by atoms with Crippen LogP contribution in [0, 0.1) is 10.1 Å². The normalized spacial score (nSPS) is 10.6. The molecule has 1 aromatic carbocycles. The van der Waals surface area contributed by atoms with Crippen molar-refractivity contribution < 1.29 is 9.66 Å². The van der Waals surface area contributed by atoms with Crippen LogP contribution in [0.15, 0.2) is 47.6 Å². The largest absolute Gasteiger partial charge is 0.491 e. The lowest BCUT2D eigenvalue weighted by Gasteiger charge is -2.13. The standard InChI is InChI=1S/C15H16N2O3S/c1-11(2)20-14-7-6-13(17(18)19)9-12(14)10-21-15-5-3-4-8-16-15/h3-9,11H,10H2,1-2H3. The van der Waals surface area contributed by atoms with Crippen LogP contribution < -0.4 is 4.74 Å². The molecular weight excluding hydrogens is 288 g/mol. The van der Waals surface area contributed by atoms with Gasteiger partial charge in [-0.25, -0.2) is 4.98 Å². The molecule has 2 aromatic rings. The van der Waals surface area contributed by atoms with Gasteiger partial charge in [0.05, 0.1) is 16.1 Å². The number of pyridine rings is 1. The Labute approximate surface area is 127 Å². The molecule has 0 unspecified atom stereocenters. The number of aromatic nitrogens is 1. The van der Waals surface area contributed by atoms with Gasteiger partial charge in [-0.3, -0.25) is 10.1 Å². The maximum Gasteiger partial charge on any atom is 0.270 e. The van der Waals surface area contributed by atoms with Crippen molar-refractivity contribution in [3.05, 3.63) is 58.3 Å². The fraction of sp³-hybridized carbons (Fsp3) is 0.267. The molecule has 1 aromatic heterocycles. The molecule has 0 radical (unpaired) electrons. The zero-order valence-electron chi connectivity index (χ0n) is 11.9. The van der Waals surface area contributed by atoms with Crippen molar-refractivity contribution in [1.29, 1.82) is 0 Å². The summed E-state index contributed by atoms with van der Waals surface area (Å²) in [7, 11) is 0. The first-order chi connectivity index (χ1) is 10.1. The van der Waals surface area contributed by atoms with Gasteiger partial charge in [0.15, 0.2) is 0 Å². The molecule has 6 heteroatoms. The van der Waals surface area contributed by atoms with Crippen molar-refractivity contribution in [3.63, 3.8) is 0 Å². The van der Waals surface area contributed by atoms with Crippen molar-refractivity contribution in [3.8, 4) is 5.75 Å². The smallest absolute Gasteiger partial charge is 0.270 e. The predicted molar refractivity (Wildman–Crippen MR) is 82.7 cm³/mol. The fourth-order valence-electron chi connectivity index (χ4n) is 1.75. The van der Waals surface area contributed by atoms with E-state index in [2.05, 4.69) is 4.98 Å². The number of rotatable bonds is 6. The molecule has 21 heavy (non-hydrogen) atoms. The molecule has 0 aliphatic carbocycles. The summed E-state index contributed by atoms with van der Waals surface area (Å²) in [5.74, 6) is 1.25. The van der Waals surface area contributed by atoms with Crippen LogP contribution in [-0.4, -0.2) is 16.0 Å². The Balaban J connectivity index is 2.21. The Morgan fingerprint density at radius 3 is 2.76 bits per heavy atom. The number of thioether (sulfide) groups is 1. The highest BCUT2D eigenvalue weighted by Gasteiger charge is 2.13. The molecule has 0 spiro atoms. The molecule has 0 N–H and O–H groups in total. The molecule has 0 bridgehead atoms. The summed E-state index contributed by atoms with van der Waals surface area (Å²) in [5.41, 5.74) is 0.872. The Morgan fingerprint density at radius 1 is 1.33 bits per heavy atom. The second-order valence-electron chi connectivity index (χ2n) is 4.67. The van der Waals surface area contributed by atoms with E-state index < -0.39 is 4.92 Å². The van der Waals surface area contributed by atoms with Crippen LogP contribution in [0.25, 0.3) is 0 Å². The van der Waals surface area contributed by atoms with Gasteiger partial charge < -0.3 is 4.74 Å². The van der Waals surface area contributed by atoms with E-state index in [1.54, 1.807) is 18.3 Å². The van der Waals surface area contributed by atoms with E-state index in [9.17, 15) is 10.1 Å². The summed E-state index contributed by atoms with van der Waals surface area (Å²) in [4.78, 5) is 14.7. The van der Waals surface area contributed by atoms with Gasteiger partial charge in [-0.15, -0.1) is 11.8 Å². The molecule has 0 atom stereocenters. The highest BCUT2D eigenvalue weighted by molar-refractivity contribution is 7.98. The van der Waals surface area contributed by atoms with E-state index in [0.717, 1.165) is 10.6 Å². The van der Waals surface area contributed by atoms with E-state index in [1.807, 2.05) is 32.0 Å². The molecule has 0 saturated heterocycles. The second-order valence-corrected chi connectivity index (χ2v) is 5.67. The van der Waals surface area contributed by atoms with Crippen LogP contribution in [0.5, 0.6) is 5.75 Å². The monoisotopic (exact) mass is 304 g/mol. The van der Waals surface area contributed by atoms with Gasteiger partial charge in [-0.2, -0.15) is 0 Å². The SMILES string of the molecule is CC(C)Oc1ccc([N+](=O)[O-])cc1CSc1ccccn1. The number of hydrogen-bond acceptors (Lipinski definition) is 5. The van der Waals surface area contributed by atoms with Gasteiger partial charge in [-0.05, 0) is 32.0 Å². The molecule has 2 rings (SSSR count). The maximum absolute atomic E-state index is 10.9. The quantitative estimate of drug-likeness (QED) is 0.457. The van der Waals surface area contributed by atoms with Crippen molar-refractivity contribution >= 4 is 17.4 Å². The third-order valence-corrected chi connectivity index (χ3v) is 3.62. The number of nitro benzene ring substituents is 1. The molecule has 110 valence electrons. The minimum Gasteiger partial charge on any atom is -0.491 e. The average Bonchev–Trinajstić information content (AvgIpc) is 2.46. The van der Waals surface area contributed by atoms with E-state index in [-0.39, 0.29) is 11.8 Å². The first-order valence-corrected chi connectivity index (χ1v) is 7.52. The van der Waals surface area contributed by atoms with Gasteiger partial charge in [0.2, 0.25) is 0 Å². The van der Waals surface area contributed by atoms with E-state index in [1.165, 1.54) is 17.8 Å². The van der Waals surface area contributed by atoms with E-state index >= 15 is 0 Å². The summed E-state index contributed by atoms with van der Waals surface area (Å²) in [5, 5.41) is 11.8. The minimum atomic E-state index is -0.395. The summed E-state index contributed by atoms with van der Waals surface area (Å²) in [6.45, 7) is 3.86. The number of nitrogens with zero attached hydrogens (tertiary/aromatic N) is 2. The average molecular weight is 304 g/mol. The van der Waals surface area contributed by atoms with Gasteiger partial charge in [0.1, 0.15) is 5.75 Å². The Bertz CT molecular complexity index is 618. The van der Waals surface area contributed by atoms with Crippen LogP contribution >= 0.6 is 11.8 Å². The number of hydrogen-bond donors (Lipinski definition) is 0. The van der Waals surface area contributed by atoms with E-state index in [0.29, 0.717) is 11.5 Å². The summed E-state index contributed by atoms with van der Waals surface area (Å²) < 4.78 is 5.71. The molecule has 0 aliphatic rings. The van der Waals surface area contributed by atoms with Crippen LogP contribution in [-0.2, 0) is 5.75 Å². The zero-order valence-corrected chi connectivity index (χ0v) is 12.7. The summed E-state index contributed by atoms with van der Waals surface area (Å²) >= 11 is 1.52. The lowest BCUT2D eigenvalue weighted by molar-refractivity contribution is -0.384. The summed E-state index contributed by atoms with van der Waals surface area (Å²) in [6, 6.07) is 10.4. The predicted octanol–water partition coefficient (Wildman–Crippen LogP) is 4.07. The second kappa shape index (κ2) is 7.08. The molecule has 0 fully saturated rings. The molecule has 1 heterocycles. The topological polar surface area (TPSA) is 65.3 Å². The van der Waals surface area contributed by atoms with Crippen LogP contribution in [0.3, 0.4) is 0 Å². The first-order valence-electron chi connectivity index (χ1n) is 6.54. The van der Waals surface area contributed by atoms with Gasteiger partial charge >= 0.3 is 0 Å². The van der Waals surface area contributed by atoms with Gasteiger partial charge in [-0.1, -0.05) is 6.07 Å². The van der Waals surface area contributed by atoms with Crippen LogP contribution in [0.4, 0.5) is 5.69 Å². The third-order valence-electron chi connectivity index (χ3n) is 2.63. The summed E-state index contributed by atoms with van der Waals surface area (Å²) in [6.07, 6.45) is 1.74. The molecule has 0 saturated carbocycles. The van der Waals surface area contributed by atoms with Gasteiger partial charge in [0, 0.05) is 29.6 Å². The van der Waals surface area contributed by atoms with Crippen LogP contribution in [0.1, 0.15) is 19.4 Å². The first kappa shape index (κ1) is 15.3. The Hall–Kier alpha value is -2.08. The molecule has 5 nitrogen and oxygen atoms in total. The molecular formula is C15H16N2O3S. The van der Waals surface area contributed by atoms with Gasteiger partial charge in [0.25, 0.3) is 5.69 Å². The fourth-order valence-corrected chi connectivity index (χ4v) is 2.58. The lowest BCUT2D eigenvalue weighted by atomic mass is 10.2. The number of non-ortho nitro benzene ring substituents is 1. The Kier molecular flexibility index (Phi) is 5.16. The maximum atomic E-state index is 10.9. The third kappa shape index (κ3) is 4.46. The van der Waals surface area contributed by atoms with Crippen molar-refractivity contribution in [2.75, 3.05) is 0 Å². The van der Waals surface area contributed by atoms with Crippen LogP contribution in [0.2, 0.25) is 0 Å². The van der Waals surface area contributed by atoms with Crippen molar-refractivity contribution in [2.24, 2.45) is 0 Å². The number of benzene rings is 1. The lowest BCUT2D eigenvalue weighted by Crippen LogP contribution is -2.07. The number of ether oxygens (including phenoxy) is 1. The van der Waals surface area contributed by atoms with Crippen molar-refractivity contribution in [2.45, 2.75) is 30.7 Å². The van der Waals surface area contributed by atoms with E-state index in [4.69, 9.17) is 4.74 Å². The molecule has 0 aliphatic heterocycles. The van der Waals surface area contributed by atoms with Crippen molar-refractivity contribution in [1.82, 2.24) is 4.98 Å². The highest BCUT2D eigenvalue weighted by Crippen LogP contribution is 2.30. The molecule has 0 amide bonds. The zero-order chi connectivity index (χ0) is 15.2. The Morgan fingerprint density at radius 2 is 2.14 bits per heavy atom. The number of nitro groups is 1. The highest BCUT2D eigenvalue weighted by atomic mass is 32.2. The minimum absolute atomic E-state index is 0.0186.